The van der Waals surface area contributed by atoms with Gasteiger partial charge >= 0.3 is 18.0 Å². The van der Waals surface area contributed by atoms with Crippen molar-refractivity contribution in [3.63, 3.8) is 0 Å². The summed E-state index contributed by atoms with van der Waals surface area (Å²) in [6.45, 7) is 0.413. The summed E-state index contributed by atoms with van der Waals surface area (Å²) in [7, 11) is 2.39. The average molecular weight is 474 g/mol. The molecular weight excluding hydrogens is 448 g/mol. The molecule has 1 heterocycles. The quantitative estimate of drug-likeness (QED) is 0.154. The summed E-state index contributed by atoms with van der Waals surface area (Å²) in [5.41, 5.74) is 0.411. The van der Waals surface area contributed by atoms with Crippen LogP contribution in [-0.4, -0.2) is 54.7 Å². The highest BCUT2D eigenvalue weighted by atomic mass is 16.6. The van der Waals surface area contributed by atoms with Gasteiger partial charge < -0.3 is 24.8 Å². The molecule has 2 N–H and O–H groups in total. The predicted molar refractivity (Wildman–Crippen MR) is 120 cm³/mol. The third-order valence-corrected chi connectivity index (χ3v) is 4.69. The first kappa shape index (κ1) is 26.0. The van der Waals surface area contributed by atoms with Crippen LogP contribution in [0.4, 0.5) is 16.3 Å². The number of aromatic nitrogens is 1. The van der Waals surface area contributed by atoms with Crippen LogP contribution in [0.1, 0.15) is 35.2 Å². The van der Waals surface area contributed by atoms with E-state index in [-0.39, 0.29) is 30.1 Å². The predicted octanol–water partition coefficient (Wildman–Crippen LogP) is 2.83. The number of nitrogens with zero attached hydrogens (tertiary/aromatic N) is 2. The van der Waals surface area contributed by atoms with Gasteiger partial charge in [-0.1, -0.05) is 30.3 Å². The van der Waals surface area contributed by atoms with Gasteiger partial charge in [-0.15, -0.1) is 0 Å². The first-order valence-electron chi connectivity index (χ1n) is 10.4. The third kappa shape index (κ3) is 8.04. The minimum atomic E-state index is -0.892. The van der Waals surface area contributed by atoms with Gasteiger partial charge in [0.1, 0.15) is 30.2 Å². The lowest BCUT2D eigenvalue weighted by atomic mass is 10.1. The van der Waals surface area contributed by atoms with Gasteiger partial charge in [0, 0.05) is 12.6 Å². The molecule has 12 nitrogen and oxygen atoms in total. The molecule has 0 saturated heterocycles. The molecule has 1 amide bonds. The first-order valence-corrected chi connectivity index (χ1v) is 10.4. The van der Waals surface area contributed by atoms with Gasteiger partial charge in [0.15, 0.2) is 0 Å². The number of hydrogen-bond donors (Lipinski definition) is 2. The number of nitrogens with one attached hydrogen (secondary N) is 2. The molecular formula is C22H26N4O8. The Bertz CT molecular complexity index is 1000. The highest BCUT2D eigenvalue weighted by molar-refractivity contribution is 5.95. The molecule has 0 spiro atoms. The molecule has 0 aliphatic carbocycles. The molecule has 0 aliphatic heterocycles. The number of amides is 1. The Kier molecular flexibility index (Phi) is 10.2. The van der Waals surface area contributed by atoms with Gasteiger partial charge in [0.25, 0.3) is 5.69 Å². The Morgan fingerprint density at radius 3 is 2.50 bits per heavy atom. The van der Waals surface area contributed by atoms with Gasteiger partial charge in [-0.3, -0.25) is 10.1 Å². The van der Waals surface area contributed by atoms with Crippen LogP contribution in [0, 0.1) is 10.1 Å². The van der Waals surface area contributed by atoms with Gasteiger partial charge in [0.05, 0.1) is 19.1 Å². The number of unbranched alkanes of at least 4 members (excludes halogenated alkanes) is 1. The number of alkyl carbamates (subject to hydrolysis) is 1. The van der Waals surface area contributed by atoms with Crippen LogP contribution in [0.5, 0.6) is 0 Å². The Hall–Kier alpha value is -4.22. The number of pyridine rings is 1. The first-order chi connectivity index (χ1) is 16.3. The summed E-state index contributed by atoms with van der Waals surface area (Å²) in [6, 6.07) is 9.30. The number of rotatable bonds is 12. The Labute approximate surface area is 195 Å². The highest BCUT2D eigenvalue weighted by Gasteiger charge is 2.22. The summed E-state index contributed by atoms with van der Waals surface area (Å²) < 4.78 is 14.5. The average Bonchev–Trinajstić information content (AvgIpc) is 2.86. The third-order valence-electron chi connectivity index (χ3n) is 4.69. The van der Waals surface area contributed by atoms with Crippen LogP contribution in [0.25, 0.3) is 0 Å². The Balaban J connectivity index is 1.84. The van der Waals surface area contributed by atoms with Crippen LogP contribution in [0.15, 0.2) is 42.6 Å². The minimum Gasteiger partial charge on any atom is -0.467 e. The summed E-state index contributed by atoms with van der Waals surface area (Å²) in [5, 5.41) is 16.4. The summed E-state index contributed by atoms with van der Waals surface area (Å²) in [5.74, 6) is -1.22. The second-order valence-electron chi connectivity index (χ2n) is 7.04. The standard InChI is InChI=1S/C22H26N4O8/c1-32-20(27)17-12-16(26(30)31)13-24-19(17)23-11-7-6-10-18(21(28)33-2)25-22(29)34-14-15-8-4-3-5-9-15/h3-5,8-9,12-13,18H,6-7,10-11,14H2,1-2H3,(H,23,24)(H,25,29)/t18-/m0/s1. The van der Waals surface area contributed by atoms with Crippen LogP contribution in [-0.2, 0) is 25.6 Å². The molecule has 12 heteroatoms. The number of ether oxygens (including phenoxy) is 3. The number of anilines is 1. The highest BCUT2D eigenvalue weighted by Crippen LogP contribution is 2.20. The van der Waals surface area contributed by atoms with Gasteiger partial charge in [-0.2, -0.15) is 0 Å². The number of nitro groups is 1. The van der Waals surface area contributed by atoms with Crippen molar-refractivity contribution in [2.24, 2.45) is 0 Å². The van der Waals surface area contributed by atoms with Gasteiger partial charge in [-0.05, 0) is 24.8 Å². The Morgan fingerprint density at radius 2 is 1.85 bits per heavy atom. The summed E-state index contributed by atoms with van der Waals surface area (Å²) in [6.07, 6.45) is 1.62. The molecule has 0 bridgehead atoms. The number of methoxy groups -OCH3 is 2. The van der Waals surface area contributed by atoms with Gasteiger partial charge in [-0.25, -0.2) is 19.4 Å². The number of carbonyl (C=O) groups excluding carboxylic acids is 3. The molecule has 2 rings (SSSR count). The monoisotopic (exact) mass is 474 g/mol. The van der Waals surface area contributed by atoms with Crippen molar-refractivity contribution in [2.45, 2.75) is 31.9 Å². The van der Waals surface area contributed by atoms with Gasteiger partial charge in [0.2, 0.25) is 0 Å². The van der Waals surface area contributed by atoms with Crippen molar-refractivity contribution in [1.29, 1.82) is 0 Å². The van der Waals surface area contributed by atoms with E-state index in [1.54, 1.807) is 0 Å². The molecule has 1 aromatic carbocycles. The second-order valence-corrected chi connectivity index (χ2v) is 7.04. The molecule has 182 valence electrons. The van der Waals surface area contributed by atoms with E-state index in [9.17, 15) is 24.5 Å². The molecule has 1 atom stereocenters. The molecule has 1 aromatic heterocycles. The van der Waals surface area contributed by atoms with Crippen molar-refractivity contribution in [3.05, 3.63) is 63.8 Å². The minimum absolute atomic E-state index is 0.0630. The lowest BCUT2D eigenvalue weighted by Crippen LogP contribution is -2.41. The smallest absolute Gasteiger partial charge is 0.408 e. The van der Waals surface area contributed by atoms with Crippen molar-refractivity contribution in [2.75, 3.05) is 26.1 Å². The SMILES string of the molecule is COC(=O)c1cc([N+](=O)[O-])cnc1NCCCC[C@H](NC(=O)OCc1ccccc1)C(=O)OC. The maximum Gasteiger partial charge on any atom is 0.408 e. The molecule has 0 saturated carbocycles. The van der Waals surface area contributed by atoms with E-state index in [1.807, 2.05) is 30.3 Å². The normalized spacial score (nSPS) is 11.1. The molecule has 0 radical (unpaired) electrons. The number of carbonyl (C=O) groups is 3. The zero-order valence-electron chi connectivity index (χ0n) is 18.8. The number of hydrogen-bond acceptors (Lipinski definition) is 10. The molecule has 0 fully saturated rings. The van der Waals surface area contributed by atoms with E-state index in [0.29, 0.717) is 19.4 Å². The summed E-state index contributed by atoms with van der Waals surface area (Å²) >= 11 is 0. The fraction of sp³-hybridized carbons (Fsp3) is 0.364. The zero-order valence-corrected chi connectivity index (χ0v) is 18.8. The van der Waals surface area contributed by atoms with Crippen LogP contribution < -0.4 is 10.6 Å². The van der Waals surface area contributed by atoms with Crippen molar-refractivity contribution < 1.29 is 33.5 Å². The van der Waals surface area contributed by atoms with E-state index in [1.165, 1.54) is 7.11 Å². The zero-order chi connectivity index (χ0) is 24.9. The van der Waals surface area contributed by atoms with E-state index in [4.69, 9.17) is 9.47 Å². The molecule has 0 aliphatic rings. The topological polar surface area (TPSA) is 159 Å². The maximum atomic E-state index is 12.1. The van der Waals surface area contributed by atoms with E-state index in [2.05, 4.69) is 20.4 Å². The van der Waals surface area contributed by atoms with Crippen LogP contribution in [0.2, 0.25) is 0 Å². The molecule has 0 unspecified atom stereocenters. The number of benzene rings is 1. The fourth-order valence-electron chi connectivity index (χ4n) is 2.94. The molecule has 34 heavy (non-hydrogen) atoms. The van der Waals surface area contributed by atoms with Crippen molar-refractivity contribution in [1.82, 2.24) is 10.3 Å². The van der Waals surface area contributed by atoms with Crippen molar-refractivity contribution >= 4 is 29.5 Å². The lowest BCUT2D eigenvalue weighted by Gasteiger charge is -2.16. The Morgan fingerprint density at radius 1 is 1.12 bits per heavy atom. The molecule has 2 aromatic rings. The second kappa shape index (κ2) is 13.4. The van der Waals surface area contributed by atoms with E-state index in [0.717, 1.165) is 24.9 Å². The lowest BCUT2D eigenvalue weighted by molar-refractivity contribution is -0.385. The largest absolute Gasteiger partial charge is 0.467 e. The summed E-state index contributed by atoms with van der Waals surface area (Å²) in [4.78, 5) is 50.2. The number of esters is 2. The van der Waals surface area contributed by atoms with E-state index >= 15 is 0 Å². The van der Waals surface area contributed by atoms with E-state index < -0.39 is 29.0 Å². The van der Waals surface area contributed by atoms with Crippen LogP contribution in [0.3, 0.4) is 0 Å². The van der Waals surface area contributed by atoms with Crippen molar-refractivity contribution in [3.8, 4) is 0 Å². The maximum absolute atomic E-state index is 12.1. The fourth-order valence-corrected chi connectivity index (χ4v) is 2.94. The van der Waals surface area contributed by atoms with Crippen LogP contribution >= 0.6 is 0 Å².